The zero-order valence-corrected chi connectivity index (χ0v) is 11.1. The van der Waals surface area contributed by atoms with Gasteiger partial charge in [0.1, 0.15) is 0 Å². The zero-order valence-electron chi connectivity index (χ0n) is 11.1. The van der Waals surface area contributed by atoms with Crippen molar-refractivity contribution in [2.24, 2.45) is 5.84 Å². The molecule has 1 fully saturated rings. The highest BCUT2D eigenvalue weighted by Crippen LogP contribution is 2.25. The molecule has 0 spiro atoms. The first-order valence-electron chi connectivity index (χ1n) is 6.28. The molecule has 3 heterocycles. The van der Waals surface area contributed by atoms with E-state index in [1.165, 1.54) is 0 Å². The molecule has 0 unspecified atom stereocenters. The number of fused-ring (bicyclic) bond motifs is 1. The maximum absolute atomic E-state index is 5.73. The standard InChI is InChI=1S/C12H18N6O/c1-12(2)8-18(5-6-19-12)11-10-14-3-4-17(10)7-9(15-11)16-13/h3-4,7,16H,5-6,8,13H2,1-2H3. The number of nitrogen functional groups attached to an aromatic ring is 1. The molecule has 0 saturated carbocycles. The second-order valence-corrected chi connectivity index (χ2v) is 5.28. The summed E-state index contributed by atoms with van der Waals surface area (Å²) in [5.74, 6) is 6.92. The SMILES string of the molecule is CC1(C)CN(c2nc(NN)cn3ccnc23)CCO1. The van der Waals surface area contributed by atoms with Crippen LogP contribution in [0, 0.1) is 0 Å². The van der Waals surface area contributed by atoms with Crippen LogP contribution in [0.3, 0.4) is 0 Å². The lowest BCUT2D eigenvalue weighted by Crippen LogP contribution is -2.48. The maximum atomic E-state index is 5.73. The Labute approximate surface area is 111 Å². The monoisotopic (exact) mass is 262 g/mol. The van der Waals surface area contributed by atoms with E-state index in [1.54, 1.807) is 6.20 Å². The maximum Gasteiger partial charge on any atom is 0.180 e. The molecule has 1 aliphatic rings. The molecule has 7 nitrogen and oxygen atoms in total. The summed E-state index contributed by atoms with van der Waals surface area (Å²) < 4.78 is 7.65. The van der Waals surface area contributed by atoms with Crippen LogP contribution in [0.4, 0.5) is 11.6 Å². The third kappa shape index (κ3) is 2.22. The summed E-state index contributed by atoms with van der Waals surface area (Å²) in [5, 5.41) is 0. The van der Waals surface area contributed by atoms with Crippen molar-refractivity contribution >= 4 is 17.3 Å². The van der Waals surface area contributed by atoms with Crippen molar-refractivity contribution in [2.75, 3.05) is 30.0 Å². The topological polar surface area (TPSA) is 80.7 Å². The van der Waals surface area contributed by atoms with Crippen molar-refractivity contribution in [3.05, 3.63) is 18.6 Å². The Morgan fingerprint density at radius 2 is 2.32 bits per heavy atom. The van der Waals surface area contributed by atoms with Gasteiger partial charge in [0.05, 0.1) is 18.4 Å². The van der Waals surface area contributed by atoms with Crippen LogP contribution in [-0.4, -0.2) is 39.7 Å². The van der Waals surface area contributed by atoms with Gasteiger partial charge in [0.25, 0.3) is 0 Å². The second kappa shape index (κ2) is 4.36. The number of ether oxygens (including phenoxy) is 1. The van der Waals surface area contributed by atoms with Crippen molar-refractivity contribution in [1.82, 2.24) is 14.4 Å². The zero-order chi connectivity index (χ0) is 13.5. The van der Waals surface area contributed by atoms with Gasteiger partial charge in [0.2, 0.25) is 0 Å². The molecule has 0 atom stereocenters. The Morgan fingerprint density at radius 1 is 1.47 bits per heavy atom. The van der Waals surface area contributed by atoms with Crippen LogP contribution in [-0.2, 0) is 4.74 Å². The first-order chi connectivity index (χ1) is 9.09. The number of nitrogens with two attached hydrogens (primary N) is 1. The van der Waals surface area contributed by atoms with Crippen molar-refractivity contribution in [2.45, 2.75) is 19.4 Å². The third-order valence-corrected chi connectivity index (χ3v) is 3.23. The fraction of sp³-hybridized carbons (Fsp3) is 0.500. The van der Waals surface area contributed by atoms with Crippen LogP contribution < -0.4 is 16.2 Å². The number of rotatable bonds is 2. The Kier molecular flexibility index (Phi) is 2.79. The minimum Gasteiger partial charge on any atom is -0.372 e. The van der Waals surface area contributed by atoms with Crippen molar-refractivity contribution in [3.63, 3.8) is 0 Å². The number of hydrogen-bond acceptors (Lipinski definition) is 6. The van der Waals surface area contributed by atoms with Gasteiger partial charge in [0, 0.05) is 25.5 Å². The van der Waals surface area contributed by atoms with Crippen molar-refractivity contribution in [3.8, 4) is 0 Å². The Balaban J connectivity index is 2.05. The second-order valence-electron chi connectivity index (χ2n) is 5.28. The summed E-state index contributed by atoms with van der Waals surface area (Å²) >= 11 is 0. The van der Waals surface area contributed by atoms with Crippen LogP contribution in [0.2, 0.25) is 0 Å². The largest absolute Gasteiger partial charge is 0.372 e. The average Bonchev–Trinajstić information content (AvgIpc) is 2.84. The van der Waals surface area contributed by atoms with E-state index < -0.39 is 0 Å². The Hall–Kier alpha value is -1.86. The minimum atomic E-state index is -0.185. The lowest BCUT2D eigenvalue weighted by molar-refractivity contribution is -0.0278. The average molecular weight is 262 g/mol. The molecule has 7 heteroatoms. The number of hydrogen-bond donors (Lipinski definition) is 2. The Bertz CT molecular complexity index is 593. The fourth-order valence-corrected chi connectivity index (χ4v) is 2.39. The van der Waals surface area contributed by atoms with E-state index in [9.17, 15) is 0 Å². The molecule has 2 aromatic rings. The van der Waals surface area contributed by atoms with E-state index in [0.717, 1.165) is 24.6 Å². The molecule has 19 heavy (non-hydrogen) atoms. The summed E-state index contributed by atoms with van der Waals surface area (Å²) in [5.41, 5.74) is 3.24. The smallest absolute Gasteiger partial charge is 0.180 e. The van der Waals surface area contributed by atoms with Gasteiger partial charge in [-0.25, -0.2) is 15.8 Å². The highest BCUT2D eigenvalue weighted by molar-refractivity contribution is 5.67. The van der Waals surface area contributed by atoms with E-state index in [4.69, 9.17) is 10.6 Å². The lowest BCUT2D eigenvalue weighted by atomic mass is 10.1. The molecule has 1 aliphatic heterocycles. The highest BCUT2D eigenvalue weighted by atomic mass is 16.5. The first-order valence-corrected chi connectivity index (χ1v) is 6.28. The van der Waals surface area contributed by atoms with Crippen molar-refractivity contribution < 1.29 is 4.74 Å². The number of nitrogens with zero attached hydrogens (tertiary/aromatic N) is 4. The summed E-state index contributed by atoms with van der Waals surface area (Å²) in [6.07, 6.45) is 5.46. The van der Waals surface area contributed by atoms with Crippen LogP contribution in [0.5, 0.6) is 0 Å². The summed E-state index contributed by atoms with van der Waals surface area (Å²) in [7, 11) is 0. The normalized spacial score (nSPS) is 18.8. The molecule has 1 saturated heterocycles. The number of anilines is 2. The molecular formula is C12H18N6O. The van der Waals surface area contributed by atoms with Gasteiger partial charge in [-0.1, -0.05) is 0 Å². The van der Waals surface area contributed by atoms with Crippen LogP contribution in [0.1, 0.15) is 13.8 Å². The van der Waals surface area contributed by atoms with Gasteiger partial charge in [-0.3, -0.25) is 0 Å². The van der Waals surface area contributed by atoms with Gasteiger partial charge < -0.3 is 19.5 Å². The van der Waals surface area contributed by atoms with Gasteiger partial charge >= 0.3 is 0 Å². The summed E-state index contributed by atoms with van der Waals surface area (Å²) in [6.45, 7) is 6.41. The molecule has 3 rings (SSSR count). The van der Waals surface area contributed by atoms with Crippen LogP contribution in [0.15, 0.2) is 18.6 Å². The molecular weight excluding hydrogens is 244 g/mol. The molecule has 0 aliphatic carbocycles. The molecule has 3 N–H and O–H groups in total. The van der Waals surface area contributed by atoms with Gasteiger partial charge in [0.15, 0.2) is 17.3 Å². The highest BCUT2D eigenvalue weighted by Gasteiger charge is 2.29. The van der Waals surface area contributed by atoms with Gasteiger partial charge in [-0.2, -0.15) is 0 Å². The number of nitrogens with one attached hydrogen (secondary N) is 1. The number of aromatic nitrogens is 3. The number of morpholine rings is 1. The Morgan fingerprint density at radius 3 is 3.05 bits per heavy atom. The predicted octanol–water partition coefficient (Wildman–Crippen LogP) is 0.630. The number of hydrazine groups is 1. The minimum absolute atomic E-state index is 0.185. The molecule has 2 aromatic heterocycles. The molecule has 0 radical (unpaired) electrons. The van der Waals surface area contributed by atoms with E-state index in [-0.39, 0.29) is 5.60 Å². The first kappa shape index (κ1) is 12.2. The van der Waals surface area contributed by atoms with Gasteiger partial charge in [-0.05, 0) is 13.8 Å². The quantitative estimate of drug-likeness (QED) is 0.610. The molecule has 0 bridgehead atoms. The fourth-order valence-electron chi connectivity index (χ4n) is 2.39. The van der Waals surface area contributed by atoms with E-state index in [0.29, 0.717) is 12.4 Å². The predicted molar refractivity (Wildman–Crippen MR) is 73.0 cm³/mol. The van der Waals surface area contributed by atoms with E-state index in [1.807, 2.05) is 16.8 Å². The van der Waals surface area contributed by atoms with Crippen LogP contribution >= 0.6 is 0 Å². The van der Waals surface area contributed by atoms with Crippen molar-refractivity contribution in [1.29, 1.82) is 0 Å². The number of imidazole rings is 1. The summed E-state index contributed by atoms with van der Waals surface area (Å²) in [6, 6.07) is 0. The van der Waals surface area contributed by atoms with E-state index >= 15 is 0 Å². The third-order valence-electron chi connectivity index (χ3n) is 3.23. The lowest BCUT2D eigenvalue weighted by Gasteiger charge is -2.38. The summed E-state index contributed by atoms with van der Waals surface area (Å²) in [4.78, 5) is 11.1. The molecule has 102 valence electrons. The molecule has 0 aromatic carbocycles. The van der Waals surface area contributed by atoms with E-state index in [2.05, 4.69) is 34.1 Å². The van der Waals surface area contributed by atoms with Crippen LogP contribution in [0.25, 0.3) is 5.65 Å². The molecule has 0 amide bonds. The van der Waals surface area contributed by atoms with Gasteiger partial charge in [-0.15, -0.1) is 0 Å².